The van der Waals surface area contributed by atoms with Crippen LogP contribution < -0.4 is 10.9 Å². The summed E-state index contributed by atoms with van der Waals surface area (Å²) in [5, 5.41) is 22.9. The lowest BCUT2D eigenvalue weighted by atomic mass is 10.2. The number of carboxylic acid groups (broad SMARTS) is 1. The third-order valence-electron chi connectivity index (χ3n) is 4.60. The second-order valence-electron chi connectivity index (χ2n) is 6.49. The van der Waals surface area contributed by atoms with Crippen LogP contribution in [-0.2, 0) is 17.6 Å². The number of carbonyl (C=O) groups is 1. The first-order chi connectivity index (χ1) is 12.1. The summed E-state index contributed by atoms with van der Waals surface area (Å²) in [4.78, 5) is 28.0. The zero-order chi connectivity index (χ0) is 17.4. The highest BCUT2D eigenvalue weighted by molar-refractivity contribution is 7.11. The van der Waals surface area contributed by atoms with Crippen molar-refractivity contribution < 1.29 is 9.90 Å². The summed E-state index contributed by atoms with van der Waals surface area (Å²) in [6.07, 6.45) is 6.53. The van der Waals surface area contributed by atoms with Gasteiger partial charge < -0.3 is 10.4 Å². The third kappa shape index (κ3) is 3.28. The predicted molar refractivity (Wildman–Crippen MR) is 92.2 cm³/mol. The van der Waals surface area contributed by atoms with E-state index in [1.54, 1.807) is 11.3 Å². The maximum absolute atomic E-state index is 12.5. The van der Waals surface area contributed by atoms with E-state index in [1.165, 1.54) is 23.6 Å². The van der Waals surface area contributed by atoms with E-state index in [4.69, 9.17) is 0 Å². The average molecular weight is 361 g/mol. The van der Waals surface area contributed by atoms with Gasteiger partial charge >= 0.3 is 5.97 Å². The number of hydrogen-bond acceptors (Lipinski definition) is 7. The summed E-state index contributed by atoms with van der Waals surface area (Å²) >= 11 is 1.68. The van der Waals surface area contributed by atoms with E-state index in [-0.39, 0.29) is 5.56 Å². The Morgan fingerprint density at radius 1 is 1.36 bits per heavy atom. The highest BCUT2D eigenvalue weighted by Crippen LogP contribution is 2.41. The Bertz CT molecular complexity index is 858. The molecule has 2 aliphatic rings. The molecule has 1 saturated carbocycles. The minimum Gasteiger partial charge on any atom is -0.480 e. The van der Waals surface area contributed by atoms with Gasteiger partial charge in [-0.05, 0) is 25.7 Å². The number of aliphatic carboxylic acids is 1. The molecule has 1 aliphatic heterocycles. The number of aryl methyl sites for hydroxylation is 2. The molecule has 0 saturated heterocycles. The molecule has 132 valence electrons. The molecule has 1 atom stereocenters. The highest BCUT2D eigenvalue weighted by atomic mass is 32.1. The number of carboxylic acids is 1. The summed E-state index contributed by atoms with van der Waals surface area (Å²) in [7, 11) is 0. The zero-order valence-corrected chi connectivity index (χ0v) is 14.5. The lowest BCUT2D eigenvalue weighted by Crippen LogP contribution is -2.30. The summed E-state index contributed by atoms with van der Waals surface area (Å²) in [6, 6.07) is -0.806. The molecule has 0 radical (unpaired) electrons. The minimum atomic E-state index is -0.984. The van der Waals surface area contributed by atoms with Gasteiger partial charge in [0.25, 0.3) is 5.56 Å². The summed E-state index contributed by atoms with van der Waals surface area (Å²) in [6.45, 7) is 0.604. The van der Waals surface area contributed by atoms with Crippen LogP contribution in [0.3, 0.4) is 0 Å². The van der Waals surface area contributed by atoms with E-state index in [0.717, 1.165) is 22.9 Å². The quantitative estimate of drug-likeness (QED) is 0.721. The van der Waals surface area contributed by atoms with Crippen molar-refractivity contribution in [3.8, 4) is 0 Å². The highest BCUT2D eigenvalue weighted by Gasteiger charge is 2.30. The van der Waals surface area contributed by atoms with Gasteiger partial charge in [0, 0.05) is 25.3 Å². The van der Waals surface area contributed by atoms with Crippen LogP contribution in [0.2, 0.25) is 0 Å². The van der Waals surface area contributed by atoms with Gasteiger partial charge in [0.2, 0.25) is 0 Å². The second kappa shape index (κ2) is 6.55. The Hall–Kier alpha value is -2.29. The molecule has 9 heteroatoms. The number of rotatable bonds is 7. The molecule has 0 spiro atoms. The second-order valence-corrected chi connectivity index (χ2v) is 7.59. The molecule has 3 heterocycles. The minimum absolute atomic E-state index is 0.304. The van der Waals surface area contributed by atoms with Gasteiger partial charge in [-0.25, -0.2) is 9.78 Å². The average Bonchev–Trinajstić information content (AvgIpc) is 3.17. The van der Waals surface area contributed by atoms with Gasteiger partial charge in [-0.1, -0.05) is 0 Å². The van der Waals surface area contributed by atoms with E-state index >= 15 is 0 Å². The molecular weight excluding hydrogens is 342 g/mol. The first kappa shape index (κ1) is 16.2. The Morgan fingerprint density at radius 2 is 2.20 bits per heavy atom. The molecule has 2 aromatic rings. The molecule has 0 unspecified atom stereocenters. The molecule has 4 rings (SSSR count). The Balaban J connectivity index is 1.36. The number of hydrogen-bond donors (Lipinski definition) is 2. The van der Waals surface area contributed by atoms with Crippen LogP contribution in [0.1, 0.15) is 53.5 Å². The molecule has 0 amide bonds. The van der Waals surface area contributed by atoms with Gasteiger partial charge in [0.05, 0.1) is 6.20 Å². The van der Waals surface area contributed by atoms with E-state index in [1.807, 2.05) is 0 Å². The standard InChI is InChI=1S/C16H19N5O3S/c22-15-10(8-18-12-6-5-11(16(23)24)21(12)15)17-7-1-2-13-19-20-14(25-13)9-3-4-9/h8-9,11,17H,1-7H2,(H,23,24)/t11-/m0/s1. The van der Waals surface area contributed by atoms with Gasteiger partial charge in [0.15, 0.2) is 0 Å². The molecule has 0 aromatic carbocycles. The summed E-state index contributed by atoms with van der Waals surface area (Å²) < 4.78 is 1.30. The van der Waals surface area contributed by atoms with E-state index in [2.05, 4.69) is 20.5 Å². The number of nitrogens with one attached hydrogen (secondary N) is 1. The SMILES string of the molecule is O=C(O)[C@@H]1CCc2ncc(NCCCc3nnc(C4CC4)s3)c(=O)n21. The van der Waals surface area contributed by atoms with Crippen molar-refractivity contribution in [1.82, 2.24) is 19.7 Å². The molecule has 1 aliphatic carbocycles. The van der Waals surface area contributed by atoms with Gasteiger partial charge in [-0.2, -0.15) is 0 Å². The number of fused-ring (bicyclic) bond motifs is 1. The largest absolute Gasteiger partial charge is 0.480 e. The maximum Gasteiger partial charge on any atom is 0.326 e. The fourth-order valence-electron chi connectivity index (χ4n) is 3.09. The van der Waals surface area contributed by atoms with Crippen molar-refractivity contribution >= 4 is 23.0 Å². The maximum atomic E-state index is 12.5. The van der Waals surface area contributed by atoms with E-state index < -0.39 is 12.0 Å². The first-order valence-electron chi connectivity index (χ1n) is 8.53. The first-order valence-corrected chi connectivity index (χ1v) is 9.34. The van der Waals surface area contributed by atoms with Gasteiger partial charge in [-0.3, -0.25) is 9.36 Å². The predicted octanol–water partition coefficient (Wildman–Crippen LogP) is 1.59. The van der Waals surface area contributed by atoms with Crippen LogP contribution in [0.4, 0.5) is 5.69 Å². The van der Waals surface area contributed by atoms with Crippen molar-refractivity contribution in [2.75, 3.05) is 11.9 Å². The lowest BCUT2D eigenvalue weighted by molar-refractivity contribution is -0.140. The van der Waals surface area contributed by atoms with Crippen LogP contribution >= 0.6 is 11.3 Å². The molecule has 0 bridgehead atoms. The molecule has 2 aromatic heterocycles. The monoisotopic (exact) mass is 361 g/mol. The molecular formula is C16H19N5O3S. The smallest absolute Gasteiger partial charge is 0.326 e. The van der Waals surface area contributed by atoms with Crippen molar-refractivity contribution in [2.45, 2.75) is 50.5 Å². The Labute approximate surface area is 147 Å². The third-order valence-corrected chi connectivity index (χ3v) is 5.75. The lowest BCUT2D eigenvalue weighted by Gasteiger charge is -2.11. The number of nitrogens with zero attached hydrogens (tertiary/aromatic N) is 4. The zero-order valence-electron chi connectivity index (χ0n) is 13.6. The molecule has 2 N–H and O–H groups in total. The summed E-state index contributed by atoms with van der Waals surface area (Å²) in [5.41, 5.74) is 0.0506. The van der Waals surface area contributed by atoms with Crippen LogP contribution in [-0.4, -0.2) is 37.4 Å². The Morgan fingerprint density at radius 3 is 2.96 bits per heavy atom. The summed E-state index contributed by atoms with van der Waals surface area (Å²) in [5.74, 6) is 0.191. The van der Waals surface area contributed by atoms with Crippen LogP contribution in [0.25, 0.3) is 0 Å². The number of aromatic nitrogens is 4. The van der Waals surface area contributed by atoms with E-state index in [9.17, 15) is 14.7 Å². The normalized spacial score (nSPS) is 19.0. The molecule has 1 fully saturated rings. The fourth-order valence-corrected chi connectivity index (χ4v) is 4.14. The van der Waals surface area contributed by atoms with Crippen molar-refractivity contribution in [1.29, 1.82) is 0 Å². The fraction of sp³-hybridized carbons (Fsp3) is 0.562. The number of anilines is 1. The van der Waals surface area contributed by atoms with Crippen molar-refractivity contribution in [3.05, 3.63) is 32.4 Å². The van der Waals surface area contributed by atoms with Gasteiger partial charge in [-0.15, -0.1) is 21.5 Å². The molecule has 25 heavy (non-hydrogen) atoms. The van der Waals surface area contributed by atoms with Gasteiger partial charge in [0.1, 0.15) is 27.6 Å². The Kier molecular flexibility index (Phi) is 4.24. The van der Waals surface area contributed by atoms with Crippen molar-refractivity contribution in [2.24, 2.45) is 0 Å². The molecule has 8 nitrogen and oxygen atoms in total. The van der Waals surface area contributed by atoms with Crippen LogP contribution in [0.5, 0.6) is 0 Å². The van der Waals surface area contributed by atoms with Crippen LogP contribution in [0, 0.1) is 0 Å². The van der Waals surface area contributed by atoms with Crippen molar-refractivity contribution in [3.63, 3.8) is 0 Å². The topological polar surface area (TPSA) is 110 Å². The van der Waals surface area contributed by atoms with Crippen LogP contribution in [0.15, 0.2) is 11.0 Å². The van der Waals surface area contributed by atoms with E-state index in [0.29, 0.717) is 36.8 Å².